The summed E-state index contributed by atoms with van der Waals surface area (Å²) in [5.74, 6) is -6.32. The van der Waals surface area contributed by atoms with E-state index in [0.29, 0.717) is 5.56 Å². The van der Waals surface area contributed by atoms with Crippen molar-refractivity contribution in [2.45, 2.75) is 36.3 Å². The van der Waals surface area contributed by atoms with Crippen molar-refractivity contribution in [1.29, 1.82) is 10.8 Å². The van der Waals surface area contributed by atoms with Gasteiger partial charge < -0.3 is 27.0 Å². The highest BCUT2D eigenvalue weighted by Gasteiger charge is 2.39. The van der Waals surface area contributed by atoms with Gasteiger partial charge in [-0.25, -0.2) is 18.0 Å². The van der Waals surface area contributed by atoms with E-state index in [0.717, 1.165) is 11.1 Å². The lowest BCUT2D eigenvalue weighted by Crippen LogP contribution is -2.47. The number of benzene rings is 3. The van der Waals surface area contributed by atoms with Gasteiger partial charge >= 0.3 is 24.3 Å². The molecule has 48 heavy (non-hydrogen) atoms. The standard InChI is InChI=1S/C24H26N6O3S.2C2HF3O2/c25-22(26)18-11-9-17(10-12-18)15-29-24(31)21(13-16-5-2-1-3-6-16)30-34(32,33)20-8-4-7-19(14-20)23(27)28;2*3-2(4,5)1(6)7/h1-12,14,21,30H,13,15H2,(H3,25,26)(H3,27,28)(H,29,31);2*(H,6,7)/t21-;;/m1../s1. The summed E-state index contributed by atoms with van der Waals surface area (Å²) in [5.41, 5.74) is 13.3. The van der Waals surface area contributed by atoms with Gasteiger partial charge in [0.2, 0.25) is 15.9 Å². The van der Waals surface area contributed by atoms with Gasteiger partial charge in [-0.15, -0.1) is 0 Å². The molecule has 13 nitrogen and oxygen atoms in total. The summed E-state index contributed by atoms with van der Waals surface area (Å²) in [5, 5.41) is 32.0. The fraction of sp³-hybridized carbons (Fsp3) is 0.179. The van der Waals surface area contributed by atoms with Crippen LogP contribution in [0.2, 0.25) is 0 Å². The lowest BCUT2D eigenvalue weighted by Gasteiger charge is -2.19. The van der Waals surface area contributed by atoms with Gasteiger partial charge in [-0.1, -0.05) is 66.7 Å². The van der Waals surface area contributed by atoms with Gasteiger partial charge in [-0.2, -0.15) is 31.1 Å². The number of halogens is 6. The third-order valence-electron chi connectivity index (χ3n) is 5.57. The fourth-order valence-corrected chi connectivity index (χ4v) is 4.48. The number of alkyl halides is 6. The Morgan fingerprint density at radius 2 is 1.21 bits per heavy atom. The molecule has 0 aliphatic carbocycles. The van der Waals surface area contributed by atoms with Gasteiger partial charge in [0.1, 0.15) is 17.7 Å². The van der Waals surface area contributed by atoms with Crippen LogP contribution in [0.25, 0.3) is 0 Å². The molecule has 3 aromatic rings. The number of rotatable bonds is 10. The average Bonchev–Trinajstić information content (AvgIpc) is 3.00. The number of sulfonamides is 1. The van der Waals surface area contributed by atoms with E-state index in [-0.39, 0.29) is 35.1 Å². The lowest BCUT2D eigenvalue weighted by atomic mass is 10.1. The molecule has 0 heterocycles. The minimum atomic E-state index is -5.08. The van der Waals surface area contributed by atoms with Crippen molar-refractivity contribution in [3.63, 3.8) is 0 Å². The molecule has 1 amide bonds. The van der Waals surface area contributed by atoms with Crippen LogP contribution in [0.5, 0.6) is 0 Å². The van der Waals surface area contributed by atoms with Crippen LogP contribution in [0.1, 0.15) is 22.3 Å². The number of aliphatic carboxylic acids is 2. The molecule has 0 saturated carbocycles. The number of carboxylic acids is 2. The maximum atomic E-state index is 13.1. The van der Waals surface area contributed by atoms with Crippen molar-refractivity contribution in [1.82, 2.24) is 10.0 Å². The fourth-order valence-electron chi connectivity index (χ4n) is 3.24. The minimum absolute atomic E-state index is 0.0539. The number of nitrogens with two attached hydrogens (primary N) is 2. The smallest absolute Gasteiger partial charge is 0.475 e. The predicted molar refractivity (Wildman–Crippen MR) is 158 cm³/mol. The SMILES string of the molecule is N=C(N)c1ccc(CNC(=O)[C@@H](Cc2ccccc2)NS(=O)(=O)c2cccc(C(=N)N)c2)cc1.O=C(O)C(F)(F)F.O=C(O)C(F)(F)F. The Kier molecular flexibility index (Phi) is 14.7. The average molecular weight is 707 g/mol. The Hall–Kier alpha value is -5.50. The molecule has 260 valence electrons. The predicted octanol–water partition coefficient (Wildman–Crippen LogP) is 2.73. The number of nitrogens with one attached hydrogen (secondary N) is 4. The van der Waals surface area contributed by atoms with Crippen LogP contribution in [0.15, 0.2) is 83.8 Å². The first-order valence-corrected chi connectivity index (χ1v) is 14.3. The van der Waals surface area contributed by atoms with E-state index in [1.165, 1.54) is 24.3 Å². The highest BCUT2D eigenvalue weighted by molar-refractivity contribution is 7.89. The van der Waals surface area contributed by atoms with Gasteiger partial charge in [0, 0.05) is 17.7 Å². The molecule has 0 aliphatic rings. The Labute approximate surface area is 268 Å². The monoisotopic (exact) mass is 706 g/mol. The second-order valence-electron chi connectivity index (χ2n) is 9.24. The molecular weight excluding hydrogens is 678 g/mol. The van der Waals surface area contributed by atoms with E-state index in [2.05, 4.69) is 10.0 Å². The summed E-state index contributed by atoms with van der Waals surface area (Å²) < 4.78 is 92.1. The molecule has 3 rings (SSSR count). The molecule has 0 bridgehead atoms. The van der Waals surface area contributed by atoms with E-state index in [4.69, 9.17) is 42.1 Å². The van der Waals surface area contributed by atoms with Crippen LogP contribution in [0, 0.1) is 10.8 Å². The molecular formula is C28H28F6N6O7S. The van der Waals surface area contributed by atoms with E-state index < -0.39 is 46.3 Å². The highest BCUT2D eigenvalue weighted by atomic mass is 32.2. The third kappa shape index (κ3) is 14.3. The Balaban J connectivity index is 0.000000687. The van der Waals surface area contributed by atoms with Crippen molar-refractivity contribution in [2.75, 3.05) is 0 Å². The van der Waals surface area contributed by atoms with Gasteiger partial charge in [0.05, 0.1) is 4.90 Å². The quantitative estimate of drug-likeness (QED) is 0.0876. The lowest BCUT2D eigenvalue weighted by molar-refractivity contribution is -0.193. The normalized spacial score (nSPS) is 11.8. The van der Waals surface area contributed by atoms with Crippen LogP contribution >= 0.6 is 0 Å². The molecule has 3 aromatic carbocycles. The van der Waals surface area contributed by atoms with E-state index in [1.54, 1.807) is 24.3 Å². The van der Waals surface area contributed by atoms with Crippen molar-refractivity contribution in [2.24, 2.45) is 11.5 Å². The summed E-state index contributed by atoms with van der Waals surface area (Å²) in [7, 11) is -4.08. The van der Waals surface area contributed by atoms with Gasteiger partial charge in [0.15, 0.2) is 0 Å². The molecule has 0 radical (unpaired) electrons. The number of carboxylic acid groups (broad SMARTS) is 2. The molecule has 0 aliphatic heterocycles. The van der Waals surface area contributed by atoms with Crippen LogP contribution in [0.4, 0.5) is 26.3 Å². The zero-order chi connectivity index (χ0) is 36.9. The number of amides is 1. The topological polar surface area (TPSA) is 250 Å². The van der Waals surface area contributed by atoms with Crippen LogP contribution in [-0.2, 0) is 37.4 Å². The highest BCUT2D eigenvalue weighted by Crippen LogP contribution is 2.15. The summed E-state index contributed by atoms with van der Waals surface area (Å²) in [6, 6.07) is 20.5. The first-order valence-electron chi connectivity index (χ1n) is 12.9. The van der Waals surface area contributed by atoms with Crippen molar-refractivity contribution < 1.29 is 59.4 Å². The molecule has 0 spiro atoms. The second kappa shape index (κ2) is 17.4. The maximum Gasteiger partial charge on any atom is 0.490 e. The van der Waals surface area contributed by atoms with Crippen molar-refractivity contribution in [3.8, 4) is 0 Å². The Bertz CT molecular complexity index is 1680. The Morgan fingerprint density at radius 3 is 1.65 bits per heavy atom. The number of hydrogen-bond donors (Lipinski definition) is 8. The zero-order valence-electron chi connectivity index (χ0n) is 24.3. The van der Waals surface area contributed by atoms with Gasteiger partial charge in [-0.05, 0) is 29.7 Å². The third-order valence-corrected chi connectivity index (χ3v) is 7.04. The Morgan fingerprint density at radius 1 is 0.729 bits per heavy atom. The van der Waals surface area contributed by atoms with Crippen LogP contribution in [-0.4, -0.2) is 66.5 Å². The molecule has 0 fully saturated rings. The zero-order valence-corrected chi connectivity index (χ0v) is 25.1. The second-order valence-corrected chi connectivity index (χ2v) is 11.0. The van der Waals surface area contributed by atoms with E-state index in [1.807, 2.05) is 30.3 Å². The van der Waals surface area contributed by atoms with Crippen LogP contribution < -0.4 is 21.5 Å². The van der Waals surface area contributed by atoms with E-state index >= 15 is 0 Å². The minimum Gasteiger partial charge on any atom is -0.475 e. The number of amidine groups is 2. The summed E-state index contributed by atoms with van der Waals surface area (Å²) >= 11 is 0. The summed E-state index contributed by atoms with van der Waals surface area (Å²) in [4.78, 5) is 30.7. The number of carbonyl (C=O) groups is 3. The first-order chi connectivity index (χ1) is 22.0. The van der Waals surface area contributed by atoms with Gasteiger partial charge in [0.25, 0.3) is 0 Å². The first kappa shape index (κ1) is 40.5. The number of carbonyl (C=O) groups excluding carboxylic acids is 1. The van der Waals surface area contributed by atoms with Crippen molar-refractivity contribution in [3.05, 3.63) is 101 Å². The van der Waals surface area contributed by atoms with Crippen LogP contribution in [0.3, 0.4) is 0 Å². The molecule has 1 atom stereocenters. The largest absolute Gasteiger partial charge is 0.490 e. The molecule has 0 unspecified atom stereocenters. The van der Waals surface area contributed by atoms with E-state index in [9.17, 15) is 39.6 Å². The molecule has 20 heteroatoms. The summed E-state index contributed by atoms with van der Waals surface area (Å²) in [6.07, 6.45) is -10.0. The number of nitrogen functional groups attached to an aromatic ring is 2. The molecule has 0 saturated heterocycles. The summed E-state index contributed by atoms with van der Waals surface area (Å²) in [6.45, 7) is 0.170. The molecule has 10 N–H and O–H groups in total. The maximum absolute atomic E-state index is 13.1. The molecule has 0 aromatic heterocycles. The van der Waals surface area contributed by atoms with Crippen molar-refractivity contribution >= 4 is 39.5 Å². The van der Waals surface area contributed by atoms with Gasteiger partial charge in [-0.3, -0.25) is 15.6 Å². The number of hydrogen-bond acceptors (Lipinski definition) is 7.